The van der Waals surface area contributed by atoms with Gasteiger partial charge in [-0.3, -0.25) is 9.59 Å². The molecule has 0 bridgehead atoms. The number of amides is 3. The van der Waals surface area contributed by atoms with Crippen molar-refractivity contribution < 1.29 is 19.5 Å². The van der Waals surface area contributed by atoms with E-state index in [0.717, 1.165) is 12.8 Å². The SMILES string of the molecule is CC(C)NC(=O)C(C)NC(=O)N1CCCCC1CC(=O)O. The van der Waals surface area contributed by atoms with Crippen molar-refractivity contribution in [3.05, 3.63) is 0 Å². The Kier molecular flexibility index (Phi) is 6.45. The molecule has 3 amide bonds. The van der Waals surface area contributed by atoms with E-state index in [1.54, 1.807) is 6.92 Å². The van der Waals surface area contributed by atoms with Gasteiger partial charge in [-0.2, -0.15) is 0 Å². The summed E-state index contributed by atoms with van der Waals surface area (Å²) in [6.07, 6.45) is 2.41. The monoisotopic (exact) mass is 299 g/mol. The highest BCUT2D eigenvalue weighted by Gasteiger charge is 2.29. The molecule has 0 aliphatic carbocycles. The van der Waals surface area contributed by atoms with Crippen LogP contribution in [0.5, 0.6) is 0 Å². The van der Waals surface area contributed by atoms with Crippen LogP contribution in [0.1, 0.15) is 46.5 Å². The molecule has 3 N–H and O–H groups in total. The topological polar surface area (TPSA) is 98.7 Å². The molecule has 1 rings (SSSR count). The number of carboxylic acid groups (broad SMARTS) is 1. The molecule has 1 fully saturated rings. The lowest BCUT2D eigenvalue weighted by molar-refractivity contribution is -0.138. The van der Waals surface area contributed by atoms with Crippen LogP contribution in [0, 0.1) is 0 Å². The fourth-order valence-electron chi connectivity index (χ4n) is 2.42. The van der Waals surface area contributed by atoms with Gasteiger partial charge >= 0.3 is 12.0 Å². The second-order valence-electron chi connectivity index (χ2n) is 5.78. The van der Waals surface area contributed by atoms with Gasteiger partial charge in [0.1, 0.15) is 6.04 Å². The third-order valence-corrected chi connectivity index (χ3v) is 3.46. The van der Waals surface area contributed by atoms with Crippen molar-refractivity contribution in [2.24, 2.45) is 0 Å². The molecule has 0 saturated carbocycles. The molecule has 2 unspecified atom stereocenters. The van der Waals surface area contributed by atoms with Crippen LogP contribution in [0.25, 0.3) is 0 Å². The molecule has 1 aliphatic rings. The number of carbonyl (C=O) groups is 3. The first-order chi connectivity index (χ1) is 9.81. The third-order valence-electron chi connectivity index (χ3n) is 3.46. The van der Waals surface area contributed by atoms with E-state index in [1.165, 1.54) is 4.90 Å². The molecular weight excluding hydrogens is 274 g/mol. The van der Waals surface area contributed by atoms with Crippen LogP contribution >= 0.6 is 0 Å². The molecule has 2 atom stereocenters. The molecule has 1 heterocycles. The van der Waals surface area contributed by atoms with E-state index in [0.29, 0.717) is 13.0 Å². The molecule has 0 aromatic heterocycles. The van der Waals surface area contributed by atoms with Crippen molar-refractivity contribution in [3.8, 4) is 0 Å². The number of carbonyl (C=O) groups excluding carboxylic acids is 2. The summed E-state index contributed by atoms with van der Waals surface area (Å²) in [6, 6.07) is -1.30. The highest BCUT2D eigenvalue weighted by Crippen LogP contribution is 2.19. The zero-order valence-electron chi connectivity index (χ0n) is 12.9. The highest BCUT2D eigenvalue weighted by molar-refractivity contribution is 5.87. The molecule has 21 heavy (non-hydrogen) atoms. The number of carboxylic acids is 1. The smallest absolute Gasteiger partial charge is 0.318 e. The van der Waals surface area contributed by atoms with Gasteiger partial charge in [-0.25, -0.2) is 4.79 Å². The van der Waals surface area contributed by atoms with Crippen molar-refractivity contribution in [2.45, 2.75) is 64.6 Å². The number of hydrogen-bond donors (Lipinski definition) is 3. The van der Waals surface area contributed by atoms with Crippen LogP contribution in [0.15, 0.2) is 0 Å². The summed E-state index contributed by atoms with van der Waals surface area (Å²) in [5, 5.41) is 14.3. The van der Waals surface area contributed by atoms with Crippen molar-refractivity contribution in [2.75, 3.05) is 6.54 Å². The predicted octanol–water partition coefficient (Wildman–Crippen LogP) is 0.938. The molecule has 1 aliphatic heterocycles. The zero-order chi connectivity index (χ0) is 16.0. The summed E-state index contributed by atoms with van der Waals surface area (Å²) in [4.78, 5) is 36.4. The Morgan fingerprint density at radius 2 is 1.86 bits per heavy atom. The van der Waals surface area contributed by atoms with Gasteiger partial charge in [-0.05, 0) is 40.0 Å². The van der Waals surface area contributed by atoms with E-state index >= 15 is 0 Å². The Morgan fingerprint density at radius 3 is 2.43 bits per heavy atom. The first-order valence-electron chi connectivity index (χ1n) is 7.40. The maximum atomic E-state index is 12.2. The van der Waals surface area contributed by atoms with Gasteiger partial charge in [0.2, 0.25) is 5.91 Å². The molecule has 0 aromatic rings. The minimum absolute atomic E-state index is 0.00611. The maximum Gasteiger partial charge on any atom is 0.318 e. The number of rotatable bonds is 5. The summed E-state index contributed by atoms with van der Waals surface area (Å²) in [5.41, 5.74) is 0. The minimum Gasteiger partial charge on any atom is -0.481 e. The number of urea groups is 1. The van der Waals surface area contributed by atoms with E-state index in [4.69, 9.17) is 5.11 Å². The molecule has 0 spiro atoms. The number of aliphatic carboxylic acids is 1. The van der Waals surface area contributed by atoms with Crippen LogP contribution in [-0.2, 0) is 9.59 Å². The Balaban J connectivity index is 2.59. The van der Waals surface area contributed by atoms with Gasteiger partial charge < -0.3 is 20.6 Å². The van der Waals surface area contributed by atoms with Gasteiger partial charge in [0.05, 0.1) is 6.42 Å². The Morgan fingerprint density at radius 1 is 1.19 bits per heavy atom. The average Bonchev–Trinajstić information content (AvgIpc) is 2.37. The van der Waals surface area contributed by atoms with Crippen LogP contribution in [-0.4, -0.2) is 52.6 Å². The number of nitrogens with one attached hydrogen (secondary N) is 2. The van der Waals surface area contributed by atoms with Crippen LogP contribution in [0.2, 0.25) is 0 Å². The van der Waals surface area contributed by atoms with Gasteiger partial charge in [0.25, 0.3) is 0 Å². The van der Waals surface area contributed by atoms with E-state index < -0.39 is 12.0 Å². The van der Waals surface area contributed by atoms with E-state index in [9.17, 15) is 14.4 Å². The predicted molar refractivity (Wildman–Crippen MR) is 77.9 cm³/mol. The first kappa shape index (κ1) is 17.3. The van der Waals surface area contributed by atoms with Crippen LogP contribution in [0.3, 0.4) is 0 Å². The van der Waals surface area contributed by atoms with Crippen molar-refractivity contribution in [1.29, 1.82) is 0 Å². The Hall–Kier alpha value is -1.79. The van der Waals surface area contributed by atoms with Gasteiger partial charge in [-0.15, -0.1) is 0 Å². The molecule has 7 nitrogen and oxygen atoms in total. The molecule has 120 valence electrons. The number of nitrogens with zero attached hydrogens (tertiary/aromatic N) is 1. The first-order valence-corrected chi connectivity index (χ1v) is 7.40. The summed E-state index contributed by atoms with van der Waals surface area (Å²) in [6.45, 7) is 5.84. The number of hydrogen-bond acceptors (Lipinski definition) is 3. The summed E-state index contributed by atoms with van der Waals surface area (Å²) in [5.74, 6) is -1.16. The molecular formula is C14H25N3O4. The van der Waals surface area contributed by atoms with Crippen LogP contribution < -0.4 is 10.6 Å². The molecule has 0 radical (unpaired) electrons. The molecule has 0 aromatic carbocycles. The zero-order valence-corrected chi connectivity index (χ0v) is 12.9. The van der Waals surface area contributed by atoms with Gasteiger partial charge in [0.15, 0.2) is 0 Å². The standard InChI is InChI=1S/C14H25N3O4/c1-9(2)15-13(20)10(3)16-14(21)17-7-5-4-6-11(17)8-12(18)19/h9-11H,4-8H2,1-3H3,(H,15,20)(H,16,21)(H,18,19). The van der Waals surface area contributed by atoms with Gasteiger partial charge in [-0.1, -0.05) is 0 Å². The molecule has 7 heteroatoms. The number of piperidine rings is 1. The Labute approximate surface area is 125 Å². The lowest BCUT2D eigenvalue weighted by Crippen LogP contribution is -2.54. The van der Waals surface area contributed by atoms with Crippen molar-refractivity contribution in [1.82, 2.24) is 15.5 Å². The van der Waals surface area contributed by atoms with E-state index in [2.05, 4.69) is 10.6 Å². The van der Waals surface area contributed by atoms with E-state index in [1.807, 2.05) is 13.8 Å². The normalized spacial score (nSPS) is 20.0. The van der Waals surface area contributed by atoms with Crippen molar-refractivity contribution >= 4 is 17.9 Å². The third kappa shape index (κ3) is 5.61. The fourth-order valence-corrected chi connectivity index (χ4v) is 2.42. The minimum atomic E-state index is -0.912. The summed E-state index contributed by atoms with van der Waals surface area (Å²) < 4.78 is 0. The van der Waals surface area contributed by atoms with Crippen LogP contribution in [0.4, 0.5) is 4.79 Å². The molecule has 1 saturated heterocycles. The Bertz CT molecular complexity index is 398. The lowest BCUT2D eigenvalue weighted by Gasteiger charge is -2.35. The van der Waals surface area contributed by atoms with Gasteiger partial charge in [0, 0.05) is 18.6 Å². The fraction of sp³-hybridized carbons (Fsp3) is 0.786. The quantitative estimate of drug-likeness (QED) is 0.703. The second kappa shape index (κ2) is 7.85. The maximum absolute atomic E-state index is 12.2. The number of likely N-dealkylation sites (tertiary alicyclic amines) is 1. The highest BCUT2D eigenvalue weighted by atomic mass is 16.4. The van der Waals surface area contributed by atoms with E-state index in [-0.39, 0.29) is 30.4 Å². The summed E-state index contributed by atoms with van der Waals surface area (Å²) >= 11 is 0. The average molecular weight is 299 g/mol. The second-order valence-corrected chi connectivity index (χ2v) is 5.78. The van der Waals surface area contributed by atoms with Crippen molar-refractivity contribution in [3.63, 3.8) is 0 Å². The largest absolute Gasteiger partial charge is 0.481 e. The lowest BCUT2D eigenvalue weighted by atomic mass is 10.00. The summed E-state index contributed by atoms with van der Waals surface area (Å²) in [7, 11) is 0.